The standard InChI is InChI=1S/C27H32N2O3/c1-20(22-7-8-24-19-26(32-3)12-9-23(24)18-22)28-14-16-29(17-15-28)27(30)13-6-21-4-10-25(31-2)11-5-21/h4-5,7-12,18-20H,6,13-17H2,1-3H3/t20-/m0/s1. The minimum atomic E-state index is 0.243. The molecule has 0 aromatic heterocycles. The SMILES string of the molecule is COc1ccc(CCC(=O)N2CCN([C@@H](C)c3ccc4cc(OC)ccc4c3)CC2)cc1. The summed E-state index contributed by atoms with van der Waals surface area (Å²) in [6.45, 7) is 5.63. The Bertz CT molecular complexity index is 1060. The van der Waals surface area contributed by atoms with Gasteiger partial charge in [0.2, 0.25) is 5.91 Å². The van der Waals surface area contributed by atoms with Crippen LogP contribution < -0.4 is 9.47 Å². The number of ether oxygens (including phenoxy) is 2. The number of piperazine rings is 1. The molecule has 0 unspecified atom stereocenters. The summed E-state index contributed by atoms with van der Waals surface area (Å²) >= 11 is 0. The summed E-state index contributed by atoms with van der Waals surface area (Å²) in [6.07, 6.45) is 1.32. The Morgan fingerprint density at radius 1 is 0.844 bits per heavy atom. The molecule has 0 aliphatic carbocycles. The molecular formula is C27H32N2O3. The zero-order valence-electron chi connectivity index (χ0n) is 19.2. The van der Waals surface area contributed by atoms with Gasteiger partial charge in [-0.2, -0.15) is 0 Å². The molecule has 1 heterocycles. The monoisotopic (exact) mass is 432 g/mol. The molecule has 1 aliphatic rings. The van der Waals surface area contributed by atoms with E-state index in [4.69, 9.17) is 9.47 Å². The van der Waals surface area contributed by atoms with Crippen molar-refractivity contribution in [3.63, 3.8) is 0 Å². The van der Waals surface area contributed by atoms with Gasteiger partial charge in [0, 0.05) is 38.6 Å². The van der Waals surface area contributed by atoms with Gasteiger partial charge in [0.25, 0.3) is 0 Å². The van der Waals surface area contributed by atoms with E-state index in [1.807, 2.05) is 35.2 Å². The van der Waals surface area contributed by atoms with Crippen molar-refractivity contribution < 1.29 is 14.3 Å². The zero-order valence-corrected chi connectivity index (χ0v) is 19.2. The van der Waals surface area contributed by atoms with Crippen molar-refractivity contribution in [2.75, 3.05) is 40.4 Å². The lowest BCUT2D eigenvalue weighted by Crippen LogP contribution is -2.49. The van der Waals surface area contributed by atoms with Crippen LogP contribution in [0.3, 0.4) is 0 Å². The largest absolute Gasteiger partial charge is 0.497 e. The summed E-state index contributed by atoms with van der Waals surface area (Å²) in [4.78, 5) is 17.2. The number of amides is 1. The maximum atomic E-state index is 12.7. The zero-order chi connectivity index (χ0) is 22.5. The maximum absolute atomic E-state index is 12.7. The first-order chi connectivity index (χ1) is 15.6. The Morgan fingerprint density at radius 3 is 2.16 bits per heavy atom. The maximum Gasteiger partial charge on any atom is 0.222 e. The fourth-order valence-corrected chi connectivity index (χ4v) is 4.40. The fraction of sp³-hybridized carbons (Fsp3) is 0.370. The highest BCUT2D eigenvalue weighted by molar-refractivity contribution is 5.84. The topological polar surface area (TPSA) is 42.0 Å². The van der Waals surface area contributed by atoms with E-state index in [0.717, 1.165) is 44.1 Å². The van der Waals surface area contributed by atoms with Crippen molar-refractivity contribution in [1.29, 1.82) is 0 Å². The molecule has 1 aliphatic heterocycles. The molecule has 0 N–H and O–H groups in total. The average molecular weight is 433 g/mol. The normalized spacial score (nSPS) is 15.5. The van der Waals surface area contributed by atoms with Crippen LogP contribution in [0.1, 0.15) is 30.5 Å². The van der Waals surface area contributed by atoms with Crippen molar-refractivity contribution >= 4 is 16.7 Å². The number of hydrogen-bond acceptors (Lipinski definition) is 4. The van der Waals surface area contributed by atoms with Crippen LogP contribution in [0, 0.1) is 0 Å². The second kappa shape index (κ2) is 10.0. The van der Waals surface area contributed by atoms with Crippen LogP contribution in [0.25, 0.3) is 10.8 Å². The molecule has 5 heteroatoms. The number of methoxy groups -OCH3 is 2. The second-order valence-corrected chi connectivity index (χ2v) is 8.41. The summed E-state index contributed by atoms with van der Waals surface area (Å²) in [5, 5.41) is 2.41. The number of benzene rings is 3. The number of carbonyl (C=O) groups is 1. The van der Waals surface area contributed by atoms with E-state index in [1.54, 1.807) is 14.2 Å². The predicted octanol–water partition coefficient (Wildman–Crippen LogP) is 4.70. The summed E-state index contributed by atoms with van der Waals surface area (Å²) in [5.41, 5.74) is 2.47. The smallest absolute Gasteiger partial charge is 0.222 e. The van der Waals surface area contributed by atoms with Gasteiger partial charge in [-0.05, 0) is 65.6 Å². The molecule has 32 heavy (non-hydrogen) atoms. The number of fused-ring (bicyclic) bond motifs is 1. The van der Waals surface area contributed by atoms with Gasteiger partial charge in [0.15, 0.2) is 0 Å². The number of aryl methyl sites for hydroxylation is 1. The van der Waals surface area contributed by atoms with Crippen molar-refractivity contribution in [2.45, 2.75) is 25.8 Å². The Labute approximate surface area is 190 Å². The first kappa shape index (κ1) is 22.2. The Kier molecular flexibility index (Phi) is 6.96. The molecule has 0 saturated carbocycles. The van der Waals surface area contributed by atoms with Crippen molar-refractivity contribution in [3.8, 4) is 11.5 Å². The summed E-state index contributed by atoms with van der Waals surface area (Å²) < 4.78 is 10.5. The third-order valence-electron chi connectivity index (χ3n) is 6.56. The van der Waals surface area contributed by atoms with Gasteiger partial charge >= 0.3 is 0 Å². The number of carbonyl (C=O) groups excluding carboxylic acids is 1. The van der Waals surface area contributed by atoms with E-state index >= 15 is 0 Å². The first-order valence-electron chi connectivity index (χ1n) is 11.3. The molecule has 1 fully saturated rings. The molecule has 1 atom stereocenters. The second-order valence-electron chi connectivity index (χ2n) is 8.41. The third-order valence-corrected chi connectivity index (χ3v) is 6.56. The predicted molar refractivity (Wildman–Crippen MR) is 128 cm³/mol. The van der Waals surface area contributed by atoms with Crippen molar-refractivity contribution in [1.82, 2.24) is 9.80 Å². The highest BCUT2D eigenvalue weighted by Crippen LogP contribution is 2.27. The van der Waals surface area contributed by atoms with E-state index in [1.165, 1.54) is 21.9 Å². The van der Waals surface area contributed by atoms with Crippen molar-refractivity contribution in [3.05, 3.63) is 71.8 Å². The lowest BCUT2D eigenvalue weighted by Gasteiger charge is -2.38. The quantitative estimate of drug-likeness (QED) is 0.543. The summed E-state index contributed by atoms with van der Waals surface area (Å²) in [6, 6.07) is 21.1. The van der Waals surface area contributed by atoms with Gasteiger partial charge in [0.05, 0.1) is 14.2 Å². The van der Waals surface area contributed by atoms with Gasteiger partial charge in [-0.3, -0.25) is 9.69 Å². The molecule has 4 rings (SSSR count). The van der Waals surface area contributed by atoms with Crippen LogP contribution in [0.15, 0.2) is 60.7 Å². The van der Waals surface area contributed by atoms with E-state index in [0.29, 0.717) is 12.5 Å². The van der Waals surface area contributed by atoms with Gasteiger partial charge < -0.3 is 14.4 Å². The van der Waals surface area contributed by atoms with Gasteiger partial charge in [-0.25, -0.2) is 0 Å². The van der Waals surface area contributed by atoms with Crippen LogP contribution in [0.4, 0.5) is 0 Å². The summed E-state index contributed by atoms with van der Waals surface area (Å²) in [7, 11) is 3.36. The molecule has 0 spiro atoms. The van der Waals surface area contributed by atoms with Gasteiger partial charge in [-0.1, -0.05) is 30.3 Å². The molecule has 1 saturated heterocycles. The Balaban J connectivity index is 1.30. The van der Waals surface area contributed by atoms with Crippen LogP contribution in [-0.4, -0.2) is 56.1 Å². The van der Waals surface area contributed by atoms with Gasteiger partial charge in [-0.15, -0.1) is 0 Å². The van der Waals surface area contributed by atoms with E-state index in [-0.39, 0.29) is 5.91 Å². The van der Waals surface area contributed by atoms with E-state index < -0.39 is 0 Å². The fourth-order valence-electron chi connectivity index (χ4n) is 4.40. The van der Waals surface area contributed by atoms with Crippen LogP contribution in [-0.2, 0) is 11.2 Å². The molecule has 0 radical (unpaired) electrons. The molecule has 3 aromatic carbocycles. The lowest BCUT2D eigenvalue weighted by atomic mass is 10.0. The van der Waals surface area contributed by atoms with Gasteiger partial charge in [0.1, 0.15) is 11.5 Å². The van der Waals surface area contributed by atoms with E-state index in [2.05, 4.69) is 42.2 Å². The minimum Gasteiger partial charge on any atom is -0.497 e. The number of nitrogens with zero attached hydrogens (tertiary/aromatic N) is 2. The highest BCUT2D eigenvalue weighted by Gasteiger charge is 2.24. The van der Waals surface area contributed by atoms with E-state index in [9.17, 15) is 4.79 Å². The molecular weight excluding hydrogens is 400 g/mol. The Morgan fingerprint density at radius 2 is 1.47 bits per heavy atom. The highest BCUT2D eigenvalue weighted by atomic mass is 16.5. The minimum absolute atomic E-state index is 0.243. The third kappa shape index (κ3) is 5.05. The van der Waals surface area contributed by atoms with Crippen molar-refractivity contribution in [2.24, 2.45) is 0 Å². The van der Waals surface area contributed by atoms with Crippen LogP contribution in [0.2, 0.25) is 0 Å². The first-order valence-corrected chi connectivity index (χ1v) is 11.3. The molecule has 168 valence electrons. The molecule has 3 aromatic rings. The lowest BCUT2D eigenvalue weighted by molar-refractivity contribution is -0.133. The number of rotatable bonds is 7. The Hall–Kier alpha value is -3.05. The van der Waals surface area contributed by atoms with Crippen LogP contribution in [0.5, 0.6) is 11.5 Å². The number of hydrogen-bond donors (Lipinski definition) is 0. The molecule has 1 amide bonds. The molecule has 5 nitrogen and oxygen atoms in total. The average Bonchev–Trinajstić information content (AvgIpc) is 2.86. The molecule has 0 bridgehead atoms. The summed E-state index contributed by atoms with van der Waals surface area (Å²) in [5.74, 6) is 1.97. The van der Waals surface area contributed by atoms with Crippen LogP contribution >= 0.6 is 0 Å².